The Morgan fingerprint density at radius 1 is 1.08 bits per heavy atom. The van der Waals surface area contributed by atoms with Crippen molar-refractivity contribution in [3.63, 3.8) is 0 Å². The summed E-state index contributed by atoms with van der Waals surface area (Å²) in [5.74, 6) is 0.907. The van der Waals surface area contributed by atoms with Crippen LogP contribution in [-0.4, -0.2) is 37.0 Å². The molecule has 0 radical (unpaired) electrons. The molecule has 1 aliphatic heterocycles. The molecule has 3 rings (SSSR count). The van der Waals surface area contributed by atoms with E-state index in [1.165, 1.54) is 18.4 Å². The van der Waals surface area contributed by atoms with Gasteiger partial charge >= 0.3 is 0 Å². The average Bonchev–Trinajstić information content (AvgIpc) is 3.19. The van der Waals surface area contributed by atoms with Crippen LogP contribution in [0.5, 0.6) is 5.75 Å². The fourth-order valence-electron chi connectivity index (χ4n) is 3.51. The molecule has 1 heterocycles. The number of benzene rings is 2. The van der Waals surface area contributed by atoms with Crippen molar-refractivity contribution in [1.82, 2.24) is 10.2 Å². The predicted molar refractivity (Wildman–Crippen MR) is 104 cm³/mol. The minimum Gasteiger partial charge on any atom is -0.494 e. The molecule has 26 heavy (non-hydrogen) atoms. The van der Waals surface area contributed by atoms with Crippen molar-refractivity contribution in [2.75, 3.05) is 26.2 Å². The second-order valence-corrected chi connectivity index (χ2v) is 6.73. The number of ether oxygens (including phenoxy) is 1. The minimum atomic E-state index is 0.0642. The van der Waals surface area contributed by atoms with Crippen LogP contribution in [0.1, 0.15) is 36.9 Å². The Hall–Kier alpha value is -2.33. The Labute approximate surface area is 156 Å². The second kappa shape index (κ2) is 9.39. The molecule has 1 saturated heterocycles. The molecule has 0 saturated carbocycles. The lowest BCUT2D eigenvalue weighted by atomic mass is 10.1. The molecule has 4 nitrogen and oxygen atoms in total. The van der Waals surface area contributed by atoms with E-state index in [1.54, 1.807) is 0 Å². The number of likely N-dealkylation sites (tertiary alicyclic amines) is 1. The molecular weight excluding hydrogens is 324 g/mol. The summed E-state index contributed by atoms with van der Waals surface area (Å²) in [5, 5.41) is 3.13. The zero-order valence-corrected chi connectivity index (χ0v) is 15.5. The number of carbonyl (C=O) groups is 1. The highest BCUT2D eigenvalue weighted by Crippen LogP contribution is 2.24. The minimum absolute atomic E-state index is 0.0642. The Morgan fingerprint density at radius 3 is 2.42 bits per heavy atom. The molecule has 2 aromatic carbocycles. The van der Waals surface area contributed by atoms with Gasteiger partial charge in [-0.2, -0.15) is 0 Å². The van der Waals surface area contributed by atoms with Crippen LogP contribution in [0.3, 0.4) is 0 Å². The fraction of sp³-hybridized carbons (Fsp3) is 0.409. The van der Waals surface area contributed by atoms with Gasteiger partial charge in [0.25, 0.3) is 0 Å². The SMILES string of the molecule is CCOc1ccc(CC(=O)NCC(c2ccccc2)N2CCCC2)cc1. The third-order valence-corrected chi connectivity index (χ3v) is 4.86. The number of amides is 1. The van der Waals surface area contributed by atoms with Gasteiger partial charge < -0.3 is 10.1 Å². The molecule has 1 atom stereocenters. The molecule has 1 amide bonds. The van der Waals surface area contributed by atoms with Crippen molar-refractivity contribution < 1.29 is 9.53 Å². The zero-order chi connectivity index (χ0) is 18.2. The summed E-state index contributed by atoms with van der Waals surface area (Å²) < 4.78 is 5.44. The van der Waals surface area contributed by atoms with Gasteiger partial charge in [-0.25, -0.2) is 0 Å². The maximum atomic E-state index is 12.4. The summed E-state index contributed by atoms with van der Waals surface area (Å²) >= 11 is 0. The van der Waals surface area contributed by atoms with Gasteiger partial charge in [-0.15, -0.1) is 0 Å². The largest absolute Gasteiger partial charge is 0.494 e. The lowest BCUT2D eigenvalue weighted by Gasteiger charge is -2.28. The van der Waals surface area contributed by atoms with Crippen LogP contribution in [-0.2, 0) is 11.2 Å². The van der Waals surface area contributed by atoms with Crippen LogP contribution in [0.4, 0.5) is 0 Å². The van der Waals surface area contributed by atoms with E-state index in [4.69, 9.17) is 4.74 Å². The molecule has 0 aliphatic carbocycles. The highest BCUT2D eigenvalue weighted by Gasteiger charge is 2.23. The number of carbonyl (C=O) groups excluding carboxylic acids is 1. The number of hydrogen-bond acceptors (Lipinski definition) is 3. The fourth-order valence-corrected chi connectivity index (χ4v) is 3.51. The second-order valence-electron chi connectivity index (χ2n) is 6.73. The molecule has 4 heteroatoms. The van der Waals surface area contributed by atoms with Gasteiger partial charge in [0.15, 0.2) is 0 Å². The maximum absolute atomic E-state index is 12.4. The van der Waals surface area contributed by atoms with E-state index in [0.717, 1.165) is 24.4 Å². The summed E-state index contributed by atoms with van der Waals surface area (Å²) in [7, 11) is 0. The molecule has 0 spiro atoms. The summed E-state index contributed by atoms with van der Waals surface area (Å²) in [4.78, 5) is 14.9. The first kappa shape index (κ1) is 18.5. The third kappa shape index (κ3) is 5.09. The van der Waals surface area contributed by atoms with E-state index in [2.05, 4.69) is 34.5 Å². The average molecular weight is 352 g/mol. The first-order valence-corrected chi connectivity index (χ1v) is 9.53. The van der Waals surface area contributed by atoms with Crippen LogP contribution in [0, 0.1) is 0 Å². The van der Waals surface area contributed by atoms with Crippen molar-refractivity contribution in [1.29, 1.82) is 0 Å². The van der Waals surface area contributed by atoms with E-state index >= 15 is 0 Å². The van der Waals surface area contributed by atoms with Crippen molar-refractivity contribution in [2.45, 2.75) is 32.2 Å². The molecular formula is C22H28N2O2. The lowest BCUT2D eigenvalue weighted by molar-refractivity contribution is -0.120. The molecule has 1 aliphatic rings. The van der Waals surface area contributed by atoms with E-state index in [-0.39, 0.29) is 11.9 Å². The van der Waals surface area contributed by atoms with E-state index in [9.17, 15) is 4.79 Å². The molecule has 0 aromatic heterocycles. The van der Waals surface area contributed by atoms with Crippen LogP contribution < -0.4 is 10.1 Å². The van der Waals surface area contributed by atoms with Gasteiger partial charge in [0, 0.05) is 6.54 Å². The van der Waals surface area contributed by atoms with Gasteiger partial charge in [-0.05, 0) is 56.1 Å². The van der Waals surface area contributed by atoms with Gasteiger partial charge in [0.2, 0.25) is 5.91 Å². The Bertz CT molecular complexity index is 679. The number of nitrogens with zero attached hydrogens (tertiary/aromatic N) is 1. The van der Waals surface area contributed by atoms with Crippen LogP contribution in [0.2, 0.25) is 0 Å². The topological polar surface area (TPSA) is 41.6 Å². The normalized spacial score (nSPS) is 15.6. The zero-order valence-electron chi connectivity index (χ0n) is 15.5. The molecule has 1 fully saturated rings. The molecule has 1 unspecified atom stereocenters. The molecule has 0 bridgehead atoms. The highest BCUT2D eigenvalue weighted by atomic mass is 16.5. The van der Waals surface area contributed by atoms with Gasteiger partial charge in [0.05, 0.1) is 19.1 Å². The molecule has 2 aromatic rings. The number of nitrogens with one attached hydrogen (secondary N) is 1. The quantitative estimate of drug-likeness (QED) is 0.789. The van der Waals surface area contributed by atoms with Crippen molar-refractivity contribution >= 4 is 5.91 Å². The number of hydrogen-bond donors (Lipinski definition) is 1. The van der Waals surface area contributed by atoms with E-state index in [0.29, 0.717) is 19.6 Å². The summed E-state index contributed by atoms with van der Waals surface area (Å²) in [6.07, 6.45) is 2.88. The van der Waals surface area contributed by atoms with E-state index < -0.39 is 0 Å². The smallest absolute Gasteiger partial charge is 0.224 e. The standard InChI is InChI=1S/C22H28N2O2/c1-2-26-20-12-10-18(11-13-20)16-22(25)23-17-21(24-14-6-7-15-24)19-8-4-3-5-9-19/h3-5,8-13,21H,2,6-7,14-17H2,1H3,(H,23,25). The van der Waals surface area contributed by atoms with Crippen LogP contribution >= 0.6 is 0 Å². The third-order valence-electron chi connectivity index (χ3n) is 4.86. The Morgan fingerprint density at radius 2 is 1.77 bits per heavy atom. The highest BCUT2D eigenvalue weighted by molar-refractivity contribution is 5.78. The molecule has 1 N–H and O–H groups in total. The first-order chi connectivity index (χ1) is 12.8. The summed E-state index contributed by atoms with van der Waals surface area (Å²) in [6, 6.07) is 18.5. The maximum Gasteiger partial charge on any atom is 0.224 e. The van der Waals surface area contributed by atoms with Gasteiger partial charge in [-0.1, -0.05) is 42.5 Å². The van der Waals surface area contributed by atoms with Crippen molar-refractivity contribution in [3.8, 4) is 5.75 Å². The van der Waals surface area contributed by atoms with Crippen molar-refractivity contribution in [2.24, 2.45) is 0 Å². The lowest BCUT2D eigenvalue weighted by Crippen LogP contribution is -2.37. The van der Waals surface area contributed by atoms with E-state index in [1.807, 2.05) is 37.3 Å². The van der Waals surface area contributed by atoms with Crippen molar-refractivity contribution in [3.05, 3.63) is 65.7 Å². The number of rotatable bonds is 8. The van der Waals surface area contributed by atoms with Gasteiger partial charge in [0.1, 0.15) is 5.75 Å². The molecule has 138 valence electrons. The monoisotopic (exact) mass is 352 g/mol. The summed E-state index contributed by atoms with van der Waals surface area (Å²) in [5.41, 5.74) is 2.28. The Kier molecular flexibility index (Phi) is 6.67. The Balaban J connectivity index is 1.57. The van der Waals surface area contributed by atoms with Crippen LogP contribution in [0.25, 0.3) is 0 Å². The predicted octanol–water partition coefficient (Wildman–Crippen LogP) is 3.58. The van der Waals surface area contributed by atoms with Gasteiger partial charge in [-0.3, -0.25) is 9.69 Å². The summed E-state index contributed by atoms with van der Waals surface area (Å²) in [6.45, 7) is 5.48. The first-order valence-electron chi connectivity index (χ1n) is 9.53. The van der Waals surface area contributed by atoms with Crippen LogP contribution in [0.15, 0.2) is 54.6 Å².